The Bertz CT molecular complexity index is 936. The van der Waals surface area contributed by atoms with Gasteiger partial charge >= 0.3 is 11.9 Å². The number of esters is 1. The second-order valence-electron chi connectivity index (χ2n) is 13.1. The minimum atomic E-state index is -0.997. The van der Waals surface area contributed by atoms with Gasteiger partial charge in [0.1, 0.15) is 11.5 Å². The number of carbonyl (C=O) groups is 2. The van der Waals surface area contributed by atoms with Crippen molar-refractivity contribution in [2.24, 2.45) is 17.8 Å². The van der Waals surface area contributed by atoms with Gasteiger partial charge in [0.05, 0.1) is 18.9 Å². The Morgan fingerprint density at radius 3 is 1.98 bits per heavy atom. The molecule has 0 aromatic heterocycles. The third-order valence-corrected chi connectivity index (χ3v) is 8.68. The molecule has 42 heavy (non-hydrogen) atoms. The third kappa shape index (κ3) is 14.4. The molecule has 0 aliphatic carbocycles. The van der Waals surface area contributed by atoms with Crippen LogP contribution in [0, 0.1) is 38.5 Å². The van der Waals surface area contributed by atoms with E-state index >= 15 is 0 Å². The summed E-state index contributed by atoms with van der Waals surface area (Å²) >= 11 is 0. The Labute approximate surface area is 257 Å². The lowest BCUT2D eigenvalue weighted by Crippen LogP contribution is -2.25. The molecular weight excluding hydrogens is 528 g/mol. The number of aliphatic carboxylic acids is 1. The standard InChI is InChI=1S/C32H52O5.C4H10O/c1-21(2)11-8-12-22(3)13-9-14-23(4)15-10-16-27-17-18-28-26(7)31(24(5)25(6)32(28)36-27)37-30(35)20-19-29(33)34;1-2-3-4-5/h21-23,27H,8-20H2,1-7H3,(H,33,34);5H,2-4H2,1H3. The maximum atomic E-state index is 12.2. The molecule has 0 radical (unpaired) electrons. The van der Waals surface area contributed by atoms with E-state index in [1.807, 2.05) is 20.8 Å². The molecule has 242 valence electrons. The van der Waals surface area contributed by atoms with Crippen LogP contribution < -0.4 is 9.47 Å². The van der Waals surface area contributed by atoms with Crippen LogP contribution in [0.1, 0.15) is 147 Å². The normalized spacial score (nSPS) is 15.7. The van der Waals surface area contributed by atoms with E-state index in [4.69, 9.17) is 19.7 Å². The second kappa shape index (κ2) is 20.8. The van der Waals surface area contributed by atoms with Gasteiger partial charge in [0.15, 0.2) is 0 Å². The molecule has 0 amide bonds. The number of fused-ring (bicyclic) bond motifs is 1. The SMILES string of the molecule is CCCCO.Cc1c(C)c2c(c(C)c1OC(=O)CCC(=O)O)CCC(CCCC(C)CCCC(C)CCCC(C)C)O2. The number of benzene rings is 1. The van der Waals surface area contributed by atoms with Gasteiger partial charge in [-0.25, -0.2) is 0 Å². The van der Waals surface area contributed by atoms with Gasteiger partial charge in [-0.05, 0) is 87.3 Å². The van der Waals surface area contributed by atoms with Gasteiger partial charge < -0.3 is 19.7 Å². The van der Waals surface area contributed by atoms with Crippen LogP contribution in [-0.4, -0.2) is 34.9 Å². The molecule has 1 aromatic carbocycles. The number of unbranched alkanes of at least 4 members (excludes halogenated alkanes) is 1. The number of hydrogen-bond donors (Lipinski definition) is 2. The number of carboxylic acid groups (broad SMARTS) is 1. The number of hydrogen-bond acceptors (Lipinski definition) is 5. The molecule has 0 saturated heterocycles. The molecule has 0 fully saturated rings. The zero-order valence-electron chi connectivity index (χ0n) is 28.2. The number of aliphatic hydroxyl groups is 1. The first-order chi connectivity index (χ1) is 19.9. The predicted molar refractivity (Wildman–Crippen MR) is 173 cm³/mol. The first kappa shape index (κ1) is 37.9. The van der Waals surface area contributed by atoms with Crippen LogP contribution in [-0.2, 0) is 16.0 Å². The van der Waals surface area contributed by atoms with Crippen LogP contribution in [0.5, 0.6) is 11.5 Å². The Morgan fingerprint density at radius 1 is 0.857 bits per heavy atom. The summed E-state index contributed by atoms with van der Waals surface area (Å²) in [6.45, 7) is 17.8. The maximum Gasteiger partial charge on any atom is 0.311 e. The largest absolute Gasteiger partial charge is 0.490 e. The van der Waals surface area contributed by atoms with Crippen LogP contribution in [0.3, 0.4) is 0 Å². The fraction of sp³-hybridized carbons (Fsp3) is 0.778. The first-order valence-corrected chi connectivity index (χ1v) is 16.7. The summed E-state index contributed by atoms with van der Waals surface area (Å²) in [5.41, 5.74) is 3.97. The van der Waals surface area contributed by atoms with Gasteiger partial charge in [0.2, 0.25) is 0 Å². The quantitative estimate of drug-likeness (QED) is 0.131. The summed E-state index contributed by atoms with van der Waals surface area (Å²) in [5, 5.41) is 16.9. The van der Waals surface area contributed by atoms with Crippen LogP contribution in [0.25, 0.3) is 0 Å². The smallest absolute Gasteiger partial charge is 0.311 e. The molecule has 6 heteroatoms. The predicted octanol–water partition coefficient (Wildman–Crippen LogP) is 9.29. The summed E-state index contributed by atoms with van der Waals surface area (Å²) < 4.78 is 12.1. The van der Waals surface area contributed by atoms with Crippen molar-refractivity contribution in [1.29, 1.82) is 0 Å². The molecule has 3 atom stereocenters. The number of rotatable bonds is 18. The summed E-state index contributed by atoms with van der Waals surface area (Å²) in [5.74, 6) is 2.46. The highest BCUT2D eigenvalue weighted by Crippen LogP contribution is 2.42. The van der Waals surface area contributed by atoms with Crippen molar-refractivity contribution in [2.75, 3.05) is 6.61 Å². The molecule has 0 saturated carbocycles. The zero-order chi connectivity index (χ0) is 31.7. The van der Waals surface area contributed by atoms with E-state index in [1.165, 1.54) is 51.4 Å². The first-order valence-electron chi connectivity index (χ1n) is 16.7. The summed E-state index contributed by atoms with van der Waals surface area (Å²) in [6, 6.07) is 0. The van der Waals surface area contributed by atoms with E-state index in [-0.39, 0.29) is 18.9 Å². The number of carbonyl (C=O) groups excluding carboxylic acids is 1. The Balaban J connectivity index is 0.00000162. The lowest BCUT2D eigenvalue weighted by molar-refractivity contribution is -0.142. The average Bonchev–Trinajstić information content (AvgIpc) is 2.93. The molecule has 3 unspecified atom stereocenters. The van der Waals surface area contributed by atoms with E-state index in [2.05, 4.69) is 34.6 Å². The molecule has 0 bridgehead atoms. The van der Waals surface area contributed by atoms with Crippen molar-refractivity contribution in [2.45, 2.75) is 158 Å². The molecule has 1 aromatic rings. The van der Waals surface area contributed by atoms with Gasteiger partial charge in [-0.3, -0.25) is 9.59 Å². The monoisotopic (exact) mass is 590 g/mol. The second-order valence-corrected chi connectivity index (χ2v) is 13.1. The highest BCUT2D eigenvalue weighted by Gasteiger charge is 2.27. The number of ether oxygens (including phenoxy) is 2. The molecule has 1 heterocycles. The fourth-order valence-electron chi connectivity index (χ4n) is 5.71. The molecule has 2 N–H and O–H groups in total. The molecule has 1 aliphatic heterocycles. The topological polar surface area (TPSA) is 93.1 Å². The highest BCUT2D eigenvalue weighted by molar-refractivity contribution is 5.79. The number of carboxylic acids is 1. The van der Waals surface area contributed by atoms with Crippen LogP contribution in [0.4, 0.5) is 0 Å². The van der Waals surface area contributed by atoms with Crippen LogP contribution >= 0.6 is 0 Å². The lowest BCUT2D eigenvalue weighted by atomic mass is 9.89. The maximum absolute atomic E-state index is 12.2. The Hall–Kier alpha value is -2.08. The van der Waals surface area contributed by atoms with Gasteiger partial charge in [0, 0.05) is 12.2 Å². The Morgan fingerprint density at radius 2 is 1.45 bits per heavy atom. The number of aliphatic hydroxyl groups excluding tert-OH is 1. The third-order valence-electron chi connectivity index (χ3n) is 8.68. The van der Waals surface area contributed by atoms with Crippen molar-refractivity contribution in [3.05, 3.63) is 22.3 Å². The van der Waals surface area contributed by atoms with E-state index in [1.54, 1.807) is 0 Å². The summed E-state index contributed by atoms with van der Waals surface area (Å²) in [4.78, 5) is 22.9. The minimum absolute atomic E-state index is 0.126. The molecule has 0 spiro atoms. The molecular formula is C36H62O6. The summed E-state index contributed by atoms with van der Waals surface area (Å²) in [7, 11) is 0. The molecule has 2 rings (SSSR count). The van der Waals surface area contributed by atoms with Crippen LogP contribution in [0.2, 0.25) is 0 Å². The Kier molecular flexibility index (Phi) is 18.8. The molecule has 1 aliphatic rings. The van der Waals surface area contributed by atoms with E-state index in [9.17, 15) is 9.59 Å². The zero-order valence-corrected chi connectivity index (χ0v) is 28.2. The van der Waals surface area contributed by atoms with E-state index in [0.29, 0.717) is 12.4 Å². The van der Waals surface area contributed by atoms with Crippen LogP contribution in [0.15, 0.2) is 0 Å². The lowest BCUT2D eigenvalue weighted by Gasteiger charge is -2.31. The summed E-state index contributed by atoms with van der Waals surface area (Å²) in [6.07, 6.45) is 15.5. The van der Waals surface area contributed by atoms with E-state index < -0.39 is 11.9 Å². The van der Waals surface area contributed by atoms with E-state index in [0.717, 1.165) is 77.9 Å². The fourth-order valence-corrected chi connectivity index (χ4v) is 5.71. The molecule has 6 nitrogen and oxygen atoms in total. The highest BCUT2D eigenvalue weighted by atomic mass is 16.5. The van der Waals surface area contributed by atoms with Gasteiger partial charge in [-0.2, -0.15) is 0 Å². The van der Waals surface area contributed by atoms with Crippen molar-refractivity contribution in [3.63, 3.8) is 0 Å². The van der Waals surface area contributed by atoms with Gasteiger partial charge in [-0.15, -0.1) is 0 Å². The average molecular weight is 591 g/mol. The van der Waals surface area contributed by atoms with Crippen molar-refractivity contribution in [1.82, 2.24) is 0 Å². The minimum Gasteiger partial charge on any atom is -0.490 e. The van der Waals surface area contributed by atoms with Gasteiger partial charge in [-0.1, -0.05) is 86.0 Å². The van der Waals surface area contributed by atoms with Gasteiger partial charge in [0.25, 0.3) is 0 Å². The van der Waals surface area contributed by atoms with Crippen molar-refractivity contribution in [3.8, 4) is 11.5 Å². The van der Waals surface area contributed by atoms with Crippen molar-refractivity contribution < 1.29 is 29.3 Å². The van der Waals surface area contributed by atoms with Crippen molar-refractivity contribution >= 4 is 11.9 Å².